The third kappa shape index (κ3) is 3.63. The van der Waals surface area contributed by atoms with Crippen LogP contribution in [0.4, 0.5) is 5.69 Å². The van der Waals surface area contributed by atoms with E-state index in [1.807, 2.05) is 0 Å². The molecule has 2 N–H and O–H groups in total. The zero-order valence-corrected chi connectivity index (χ0v) is 11.7. The molecule has 1 aromatic carbocycles. The molecule has 20 heavy (non-hydrogen) atoms. The van der Waals surface area contributed by atoms with Crippen molar-refractivity contribution in [1.29, 1.82) is 0 Å². The van der Waals surface area contributed by atoms with Crippen molar-refractivity contribution in [3.05, 3.63) is 24.3 Å². The molecule has 0 heterocycles. The maximum atomic E-state index is 12.2. The Morgan fingerprint density at radius 3 is 2.60 bits per heavy atom. The molecule has 1 aromatic rings. The van der Waals surface area contributed by atoms with Gasteiger partial charge in [0.2, 0.25) is 10.0 Å². The minimum absolute atomic E-state index is 0.219. The summed E-state index contributed by atoms with van der Waals surface area (Å²) in [6, 6.07) is 6.42. The van der Waals surface area contributed by atoms with E-state index in [0.717, 1.165) is 12.8 Å². The van der Waals surface area contributed by atoms with E-state index in [2.05, 4.69) is 4.72 Å². The topological polar surface area (TPSA) is 92.7 Å². The Hall–Kier alpha value is -1.76. The standard InChI is InChI=1S/C13H17NO5S/c15-13(16)9-19-12-8-4-3-7-11(12)14-20(17,18)10-5-1-2-6-10/h3-4,7-8,10,14H,1-2,5-6,9H2,(H,15,16). The number of carbonyl (C=O) groups is 1. The normalized spacial score (nSPS) is 16.0. The average molecular weight is 299 g/mol. The number of hydrogen-bond acceptors (Lipinski definition) is 4. The first-order valence-corrected chi connectivity index (χ1v) is 7.99. The Morgan fingerprint density at radius 2 is 1.95 bits per heavy atom. The van der Waals surface area contributed by atoms with E-state index in [9.17, 15) is 13.2 Å². The summed E-state index contributed by atoms with van der Waals surface area (Å²) in [5.41, 5.74) is 0.278. The molecule has 7 heteroatoms. The largest absolute Gasteiger partial charge is 0.480 e. The highest BCUT2D eigenvalue weighted by atomic mass is 32.2. The van der Waals surface area contributed by atoms with Crippen LogP contribution in [0.15, 0.2) is 24.3 Å². The summed E-state index contributed by atoms with van der Waals surface area (Å²) < 4.78 is 32.0. The molecule has 2 rings (SSSR count). The molecule has 0 unspecified atom stereocenters. The van der Waals surface area contributed by atoms with E-state index in [1.165, 1.54) is 6.07 Å². The van der Waals surface area contributed by atoms with Crippen LogP contribution >= 0.6 is 0 Å². The van der Waals surface area contributed by atoms with E-state index in [4.69, 9.17) is 9.84 Å². The fourth-order valence-electron chi connectivity index (χ4n) is 2.25. The lowest BCUT2D eigenvalue weighted by Gasteiger charge is -2.16. The van der Waals surface area contributed by atoms with Gasteiger partial charge in [-0.25, -0.2) is 13.2 Å². The predicted molar refractivity (Wildman–Crippen MR) is 74.4 cm³/mol. The third-order valence-electron chi connectivity index (χ3n) is 3.23. The van der Waals surface area contributed by atoms with E-state index in [1.54, 1.807) is 18.2 Å². The highest BCUT2D eigenvalue weighted by molar-refractivity contribution is 7.93. The summed E-state index contributed by atoms with van der Waals surface area (Å²) >= 11 is 0. The fourth-order valence-corrected chi connectivity index (χ4v) is 3.85. The Bertz CT molecular complexity index is 578. The van der Waals surface area contributed by atoms with Crippen LogP contribution in [0.3, 0.4) is 0 Å². The molecule has 1 aliphatic carbocycles. The molecule has 0 spiro atoms. The SMILES string of the molecule is O=C(O)COc1ccccc1NS(=O)(=O)C1CCCC1. The molecule has 0 aliphatic heterocycles. The van der Waals surface area contributed by atoms with Gasteiger partial charge in [0.1, 0.15) is 5.75 Å². The van der Waals surface area contributed by atoms with Crippen molar-refractivity contribution >= 4 is 21.7 Å². The molecular weight excluding hydrogens is 282 g/mol. The van der Waals surface area contributed by atoms with Crippen LogP contribution in [-0.2, 0) is 14.8 Å². The second-order valence-corrected chi connectivity index (χ2v) is 6.69. The van der Waals surface area contributed by atoms with E-state index < -0.39 is 22.6 Å². The van der Waals surface area contributed by atoms with Gasteiger partial charge in [-0.05, 0) is 25.0 Å². The van der Waals surface area contributed by atoms with Crippen molar-refractivity contribution in [2.24, 2.45) is 0 Å². The number of anilines is 1. The molecule has 0 atom stereocenters. The van der Waals surface area contributed by atoms with Gasteiger partial charge in [0.05, 0.1) is 10.9 Å². The predicted octanol–water partition coefficient (Wildman–Crippen LogP) is 1.83. The fraction of sp³-hybridized carbons (Fsp3) is 0.462. The number of nitrogens with one attached hydrogen (secondary N) is 1. The molecule has 1 aliphatic rings. The van der Waals surface area contributed by atoms with Gasteiger partial charge in [-0.2, -0.15) is 0 Å². The number of carboxylic acids is 1. The molecular formula is C13H17NO5S. The van der Waals surface area contributed by atoms with Gasteiger partial charge in [0.15, 0.2) is 6.61 Å². The first-order chi connectivity index (χ1) is 9.49. The van der Waals surface area contributed by atoms with Crippen LogP contribution in [0.5, 0.6) is 5.75 Å². The Kier molecular flexibility index (Phi) is 4.49. The summed E-state index contributed by atoms with van der Waals surface area (Å²) in [5, 5.41) is 8.23. The van der Waals surface area contributed by atoms with Crippen LogP contribution in [-0.4, -0.2) is 31.4 Å². The summed E-state index contributed by atoms with van der Waals surface area (Å²) in [7, 11) is -3.45. The monoisotopic (exact) mass is 299 g/mol. The molecule has 0 amide bonds. The minimum atomic E-state index is -3.45. The number of ether oxygens (including phenoxy) is 1. The van der Waals surface area contributed by atoms with Gasteiger partial charge >= 0.3 is 5.97 Å². The molecule has 1 fully saturated rings. The van der Waals surface area contributed by atoms with Gasteiger partial charge < -0.3 is 9.84 Å². The number of benzene rings is 1. The molecule has 110 valence electrons. The third-order valence-corrected chi connectivity index (χ3v) is 5.08. The second kappa shape index (κ2) is 6.13. The van der Waals surface area contributed by atoms with Crippen molar-refractivity contribution in [3.63, 3.8) is 0 Å². The van der Waals surface area contributed by atoms with Crippen LogP contribution in [0.1, 0.15) is 25.7 Å². The first kappa shape index (κ1) is 14.6. The number of sulfonamides is 1. The van der Waals surface area contributed by atoms with Gasteiger partial charge in [-0.1, -0.05) is 25.0 Å². The summed E-state index contributed by atoms with van der Waals surface area (Å²) in [5.74, 6) is -0.894. The maximum absolute atomic E-state index is 12.2. The molecule has 0 radical (unpaired) electrons. The van der Waals surface area contributed by atoms with Crippen molar-refractivity contribution in [2.75, 3.05) is 11.3 Å². The smallest absolute Gasteiger partial charge is 0.341 e. The van der Waals surface area contributed by atoms with Crippen LogP contribution in [0, 0.1) is 0 Å². The Morgan fingerprint density at radius 1 is 1.30 bits per heavy atom. The van der Waals surface area contributed by atoms with Gasteiger partial charge in [0.25, 0.3) is 0 Å². The highest BCUT2D eigenvalue weighted by Gasteiger charge is 2.29. The molecule has 0 aromatic heterocycles. The van der Waals surface area contributed by atoms with Crippen LogP contribution in [0.25, 0.3) is 0 Å². The van der Waals surface area contributed by atoms with Gasteiger partial charge in [-0.3, -0.25) is 4.72 Å². The zero-order valence-electron chi connectivity index (χ0n) is 10.9. The average Bonchev–Trinajstić information content (AvgIpc) is 2.92. The molecule has 0 bridgehead atoms. The van der Waals surface area contributed by atoms with Crippen molar-refractivity contribution in [2.45, 2.75) is 30.9 Å². The van der Waals surface area contributed by atoms with Crippen molar-refractivity contribution in [3.8, 4) is 5.75 Å². The highest BCUT2D eigenvalue weighted by Crippen LogP contribution is 2.30. The number of hydrogen-bond donors (Lipinski definition) is 2. The number of rotatable bonds is 6. The Labute approximate surface area is 117 Å². The summed E-state index contributed by atoms with van der Waals surface area (Å²) in [6.07, 6.45) is 3.16. The second-order valence-electron chi connectivity index (χ2n) is 4.73. The van der Waals surface area contributed by atoms with Crippen molar-refractivity contribution < 1.29 is 23.1 Å². The van der Waals surface area contributed by atoms with Crippen LogP contribution in [0.2, 0.25) is 0 Å². The maximum Gasteiger partial charge on any atom is 0.341 e. The van der Waals surface area contributed by atoms with E-state index in [-0.39, 0.29) is 16.7 Å². The lowest BCUT2D eigenvalue weighted by Crippen LogP contribution is -2.25. The number of carboxylic acid groups (broad SMARTS) is 1. The Balaban J connectivity index is 2.14. The van der Waals surface area contributed by atoms with Gasteiger partial charge in [-0.15, -0.1) is 0 Å². The summed E-state index contributed by atoms with van der Waals surface area (Å²) in [4.78, 5) is 10.5. The minimum Gasteiger partial charge on any atom is -0.480 e. The number of aliphatic carboxylic acids is 1. The molecule has 1 saturated carbocycles. The quantitative estimate of drug-likeness (QED) is 0.836. The number of para-hydroxylation sites is 2. The van der Waals surface area contributed by atoms with Crippen molar-refractivity contribution in [1.82, 2.24) is 0 Å². The van der Waals surface area contributed by atoms with Crippen LogP contribution < -0.4 is 9.46 Å². The van der Waals surface area contributed by atoms with E-state index in [0.29, 0.717) is 12.8 Å². The lowest BCUT2D eigenvalue weighted by molar-refractivity contribution is -0.139. The zero-order chi connectivity index (χ0) is 14.6. The lowest BCUT2D eigenvalue weighted by atomic mass is 10.3. The van der Waals surface area contributed by atoms with E-state index >= 15 is 0 Å². The molecule has 0 saturated heterocycles. The van der Waals surface area contributed by atoms with Gasteiger partial charge in [0, 0.05) is 0 Å². The molecule has 6 nitrogen and oxygen atoms in total. The summed E-state index contributed by atoms with van der Waals surface area (Å²) in [6.45, 7) is -0.512. The first-order valence-electron chi connectivity index (χ1n) is 6.44.